The summed E-state index contributed by atoms with van der Waals surface area (Å²) in [6.45, 7) is 2.66. The number of piperazine rings is 1. The lowest BCUT2D eigenvalue weighted by Gasteiger charge is -2.40. The van der Waals surface area contributed by atoms with Gasteiger partial charge in [-0.2, -0.15) is 0 Å². The molecule has 39 heavy (non-hydrogen) atoms. The molecule has 1 aliphatic heterocycles. The Morgan fingerprint density at radius 1 is 0.769 bits per heavy atom. The number of para-hydroxylation sites is 1. The molecule has 0 amide bonds. The summed E-state index contributed by atoms with van der Waals surface area (Å²) >= 11 is 0. The van der Waals surface area contributed by atoms with E-state index in [1.807, 2.05) is 47.4 Å². The Bertz CT molecular complexity index is 1540. The fraction of sp³-hybridized carbons (Fsp3) is 0.167. The first kappa shape index (κ1) is 24.4. The van der Waals surface area contributed by atoms with Crippen LogP contribution >= 0.6 is 0 Å². The molecule has 0 unspecified atom stereocenters. The second-order valence-corrected chi connectivity index (χ2v) is 9.40. The monoisotopic (exact) mass is 517 g/mol. The lowest BCUT2D eigenvalue weighted by Crippen LogP contribution is -2.48. The van der Waals surface area contributed by atoms with Crippen LogP contribution in [-0.2, 0) is 0 Å². The predicted octanol–water partition coefficient (Wildman–Crippen LogP) is 5.59. The summed E-state index contributed by atoms with van der Waals surface area (Å²) in [5.41, 5.74) is 3.68. The Hall–Kier alpha value is -4.89. The third kappa shape index (κ3) is 4.99. The van der Waals surface area contributed by atoms with Crippen LogP contribution in [0.3, 0.4) is 0 Å². The van der Waals surface area contributed by atoms with E-state index in [0.29, 0.717) is 24.6 Å². The Kier molecular flexibility index (Phi) is 6.80. The highest BCUT2D eigenvalue weighted by atomic mass is 16.6. The van der Waals surface area contributed by atoms with Gasteiger partial charge in [0, 0.05) is 37.8 Å². The van der Waals surface area contributed by atoms with Crippen molar-refractivity contribution in [3.8, 4) is 0 Å². The minimum atomic E-state index is -0.403. The summed E-state index contributed by atoms with van der Waals surface area (Å²) in [5.74, 6) is 0.471. The van der Waals surface area contributed by atoms with Crippen LogP contribution in [-0.4, -0.2) is 51.0 Å². The van der Waals surface area contributed by atoms with Crippen LogP contribution in [0.5, 0.6) is 0 Å². The topological polar surface area (TPSA) is 100 Å². The van der Waals surface area contributed by atoms with Crippen LogP contribution < -0.4 is 10.2 Å². The van der Waals surface area contributed by atoms with Crippen LogP contribution in [0.2, 0.25) is 0 Å². The van der Waals surface area contributed by atoms with Gasteiger partial charge in [-0.05, 0) is 23.3 Å². The number of nitrogens with zero attached hydrogens (tertiary/aromatic N) is 6. The minimum absolute atomic E-state index is 0.103. The zero-order valence-corrected chi connectivity index (χ0v) is 21.2. The van der Waals surface area contributed by atoms with E-state index in [1.165, 1.54) is 17.5 Å². The van der Waals surface area contributed by atoms with E-state index in [9.17, 15) is 10.1 Å². The van der Waals surface area contributed by atoms with Crippen molar-refractivity contribution in [3.05, 3.63) is 125 Å². The molecule has 3 heterocycles. The third-order valence-electron chi connectivity index (χ3n) is 7.08. The Morgan fingerprint density at radius 3 is 2.10 bits per heavy atom. The molecule has 194 valence electrons. The second kappa shape index (κ2) is 10.8. The van der Waals surface area contributed by atoms with Gasteiger partial charge < -0.3 is 10.2 Å². The third-order valence-corrected chi connectivity index (χ3v) is 7.08. The van der Waals surface area contributed by atoms with Gasteiger partial charge in [0.1, 0.15) is 6.33 Å². The smallest absolute Gasteiger partial charge is 0.348 e. The molecule has 0 saturated carbocycles. The molecule has 0 atom stereocenters. The van der Waals surface area contributed by atoms with E-state index < -0.39 is 4.92 Å². The highest BCUT2D eigenvalue weighted by molar-refractivity contribution is 5.92. The highest BCUT2D eigenvalue weighted by Gasteiger charge is 2.32. The standard InChI is InChI=1S/C30H27N7O2/c38-37(39)28-29(34-25-15-7-13-22-14-8-16-31-26(22)25)32-21-33-30(28)36-19-17-35(18-20-36)27(23-9-3-1-4-10-23)24-11-5-2-6-12-24/h1-16,21,27H,17-20H2,(H,32,33,34). The van der Waals surface area contributed by atoms with E-state index in [2.05, 4.69) is 73.7 Å². The molecule has 0 radical (unpaired) electrons. The summed E-state index contributed by atoms with van der Waals surface area (Å²) < 4.78 is 0. The van der Waals surface area contributed by atoms with Gasteiger partial charge in [0.05, 0.1) is 22.2 Å². The minimum Gasteiger partial charge on any atom is -0.348 e. The van der Waals surface area contributed by atoms with Crippen molar-refractivity contribution in [1.82, 2.24) is 19.9 Å². The molecule has 3 aromatic carbocycles. The first-order valence-electron chi connectivity index (χ1n) is 12.9. The Labute approximate surface area is 225 Å². The summed E-state index contributed by atoms with van der Waals surface area (Å²) in [5, 5.41) is 16.4. The molecule has 9 nitrogen and oxygen atoms in total. The van der Waals surface area contributed by atoms with Gasteiger partial charge in [0.15, 0.2) is 0 Å². The number of fused-ring (bicyclic) bond motifs is 1. The second-order valence-electron chi connectivity index (χ2n) is 9.40. The number of nitro groups is 1. The van der Waals surface area contributed by atoms with Crippen molar-refractivity contribution in [1.29, 1.82) is 0 Å². The van der Waals surface area contributed by atoms with Crippen LogP contribution in [0.1, 0.15) is 17.2 Å². The van der Waals surface area contributed by atoms with Crippen molar-refractivity contribution < 1.29 is 4.92 Å². The Balaban J connectivity index is 1.27. The van der Waals surface area contributed by atoms with E-state index in [0.717, 1.165) is 24.0 Å². The predicted molar refractivity (Wildman–Crippen MR) is 152 cm³/mol. The van der Waals surface area contributed by atoms with Gasteiger partial charge in [-0.1, -0.05) is 78.9 Å². The SMILES string of the molecule is O=[N+]([O-])c1c(Nc2cccc3cccnc23)ncnc1N1CCN(C(c2ccccc2)c2ccccc2)CC1. The molecule has 5 aromatic rings. The summed E-state index contributed by atoms with van der Waals surface area (Å²) in [7, 11) is 0. The molecule has 1 aliphatic rings. The van der Waals surface area contributed by atoms with Crippen molar-refractivity contribution in [2.45, 2.75) is 6.04 Å². The first-order valence-corrected chi connectivity index (χ1v) is 12.9. The van der Waals surface area contributed by atoms with Gasteiger partial charge in [-0.3, -0.25) is 20.0 Å². The lowest BCUT2D eigenvalue weighted by atomic mass is 9.96. The maximum Gasteiger partial charge on any atom is 0.353 e. The van der Waals surface area contributed by atoms with Gasteiger partial charge in [0.2, 0.25) is 11.6 Å². The van der Waals surface area contributed by atoms with Crippen LogP contribution in [0, 0.1) is 10.1 Å². The molecule has 2 aromatic heterocycles. The molecule has 0 bridgehead atoms. The first-order chi connectivity index (χ1) is 19.2. The van der Waals surface area contributed by atoms with Gasteiger partial charge in [0.25, 0.3) is 0 Å². The van der Waals surface area contributed by atoms with Crippen molar-refractivity contribution in [3.63, 3.8) is 0 Å². The zero-order chi connectivity index (χ0) is 26.6. The number of nitrogens with one attached hydrogen (secondary N) is 1. The summed E-state index contributed by atoms with van der Waals surface area (Å²) in [4.78, 5) is 29.4. The molecule has 1 saturated heterocycles. The van der Waals surface area contributed by atoms with Crippen molar-refractivity contribution >= 4 is 33.9 Å². The fourth-order valence-electron chi connectivity index (χ4n) is 5.27. The maximum absolute atomic E-state index is 12.3. The van der Waals surface area contributed by atoms with Crippen molar-refractivity contribution in [2.75, 3.05) is 36.4 Å². The number of hydrogen-bond donors (Lipinski definition) is 1. The molecular formula is C30H27N7O2. The average molecular weight is 518 g/mol. The van der Waals surface area contributed by atoms with Crippen LogP contribution in [0.25, 0.3) is 10.9 Å². The molecule has 1 fully saturated rings. The zero-order valence-electron chi connectivity index (χ0n) is 21.2. The van der Waals surface area contributed by atoms with E-state index >= 15 is 0 Å². The summed E-state index contributed by atoms with van der Waals surface area (Å²) in [6.07, 6.45) is 3.08. The largest absolute Gasteiger partial charge is 0.353 e. The van der Waals surface area contributed by atoms with E-state index in [1.54, 1.807) is 6.20 Å². The highest BCUT2D eigenvalue weighted by Crippen LogP contribution is 2.36. The molecule has 0 spiro atoms. The van der Waals surface area contributed by atoms with E-state index in [4.69, 9.17) is 0 Å². The Morgan fingerprint density at radius 2 is 1.44 bits per heavy atom. The number of benzene rings is 3. The molecular weight excluding hydrogens is 490 g/mol. The number of hydrogen-bond acceptors (Lipinski definition) is 8. The molecule has 9 heteroatoms. The van der Waals surface area contributed by atoms with Crippen LogP contribution in [0.4, 0.5) is 23.0 Å². The molecule has 0 aliphatic carbocycles. The fourth-order valence-corrected chi connectivity index (χ4v) is 5.27. The average Bonchev–Trinajstić information content (AvgIpc) is 2.99. The molecule has 1 N–H and O–H groups in total. The van der Waals surface area contributed by atoms with Gasteiger partial charge in [-0.25, -0.2) is 9.97 Å². The van der Waals surface area contributed by atoms with Gasteiger partial charge in [-0.15, -0.1) is 0 Å². The van der Waals surface area contributed by atoms with Crippen LogP contribution in [0.15, 0.2) is 104 Å². The number of aromatic nitrogens is 3. The quantitative estimate of drug-likeness (QED) is 0.220. The number of anilines is 3. The maximum atomic E-state index is 12.3. The summed E-state index contributed by atoms with van der Waals surface area (Å²) in [6, 6.07) is 30.5. The number of rotatable bonds is 7. The van der Waals surface area contributed by atoms with Crippen molar-refractivity contribution in [2.24, 2.45) is 0 Å². The van der Waals surface area contributed by atoms with Gasteiger partial charge >= 0.3 is 5.69 Å². The molecule has 6 rings (SSSR count). The normalized spacial score (nSPS) is 14.0. The number of pyridine rings is 1. The van der Waals surface area contributed by atoms with E-state index in [-0.39, 0.29) is 17.5 Å². The lowest BCUT2D eigenvalue weighted by molar-refractivity contribution is -0.383.